The lowest BCUT2D eigenvalue weighted by Crippen LogP contribution is -2.56. The first-order valence-electron chi connectivity index (χ1n) is 19.1. The van der Waals surface area contributed by atoms with Crippen molar-refractivity contribution in [2.75, 3.05) is 4.90 Å². The molecule has 2 aliphatic heterocycles. The molecule has 3 aromatic heterocycles. The molecule has 0 saturated carbocycles. The number of fused-ring (bicyclic) bond motifs is 13. The van der Waals surface area contributed by atoms with Crippen molar-refractivity contribution >= 4 is 89.5 Å². The fraction of sp³-hybridized carbons (Fsp3) is 0. The molecule has 0 unspecified atom stereocenters. The van der Waals surface area contributed by atoms with Crippen LogP contribution in [0.15, 0.2) is 188 Å². The summed E-state index contributed by atoms with van der Waals surface area (Å²) in [5, 5.41) is 6.46. The van der Waals surface area contributed by atoms with Crippen molar-refractivity contribution in [1.29, 1.82) is 0 Å². The molecule has 11 aromatic rings. The van der Waals surface area contributed by atoms with E-state index in [0.717, 1.165) is 11.4 Å². The lowest BCUT2D eigenvalue weighted by atomic mass is 9.45. The van der Waals surface area contributed by atoms with Gasteiger partial charge in [-0.1, -0.05) is 121 Å². The molecule has 0 radical (unpaired) electrons. The molecule has 0 amide bonds. The van der Waals surface area contributed by atoms with Crippen molar-refractivity contribution in [3.63, 3.8) is 0 Å². The molecule has 5 heterocycles. The largest absolute Gasteiger partial charge is 0.375 e. The number of nitrogens with zero attached hydrogens (tertiary/aromatic N) is 4. The summed E-state index contributed by atoms with van der Waals surface area (Å²) in [7, 11) is 0. The molecule has 0 fully saturated rings. The molecular weight excluding hydrogens is 667 g/mol. The molecule has 13 rings (SSSR count). The molecule has 55 heavy (non-hydrogen) atoms. The Morgan fingerprint density at radius 1 is 0.364 bits per heavy atom. The molecular formula is C50H31BN4. The SMILES string of the molecule is c1ccc(N2c3cccc4c3B(c3c2n(-c2ccccc2)c2ccccc32)n2c3ccccc3c3c5c6ccccc6n(-c6ccccc6)c5cc-4c32)cc1. The minimum atomic E-state index is -0.0640. The maximum absolute atomic E-state index is 2.70. The Morgan fingerprint density at radius 2 is 0.909 bits per heavy atom. The quantitative estimate of drug-likeness (QED) is 0.168. The van der Waals surface area contributed by atoms with E-state index in [0.29, 0.717) is 0 Å². The summed E-state index contributed by atoms with van der Waals surface area (Å²) in [6.45, 7) is -0.0640. The van der Waals surface area contributed by atoms with Crippen molar-refractivity contribution in [3.05, 3.63) is 188 Å². The van der Waals surface area contributed by atoms with Gasteiger partial charge in [-0.25, -0.2) is 0 Å². The third kappa shape index (κ3) is 3.67. The highest BCUT2D eigenvalue weighted by atomic mass is 15.3. The number of benzene rings is 8. The summed E-state index contributed by atoms with van der Waals surface area (Å²) in [4.78, 5) is 2.52. The summed E-state index contributed by atoms with van der Waals surface area (Å²) in [6.07, 6.45) is 0. The summed E-state index contributed by atoms with van der Waals surface area (Å²) in [5.74, 6) is 1.18. The molecule has 0 N–H and O–H groups in total. The molecule has 0 atom stereocenters. The molecule has 5 heteroatoms. The van der Waals surface area contributed by atoms with E-state index in [2.05, 4.69) is 207 Å². The summed E-state index contributed by atoms with van der Waals surface area (Å²) in [5.41, 5.74) is 16.1. The molecule has 8 aromatic carbocycles. The van der Waals surface area contributed by atoms with Crippen LogP contribution in [0.5, 0.6) is 0 Å². The highest BCUT2D eigenvalue weighted by molar-refractivity contribution is 6.91. The first kappa shape index (κ1) is 29.2. The predicted octanol–water partition coefficient (Wildman–Crippen LogP) is 11.3. The van der Waals surface area contributed by atoms with E-state index in [1.54, 1.807) is 0 Å². The number of hydrogen-bond donors (Lipinski definition) is 0. The molecule has 254 valence electrons. The fourth-order valence-electron chi connectivity index (χ4n) is 10.2. The van der Waals surface area contributed by atoms with Crippen LogP contribution in [-0.4, -0.2) is 20.5 Å². The predicted molar refractivity (Wildman–Crippen MR) is 231 cm³/mol. The van der Waals surface area contributed by atoms with Crippen LogP contribution in [0, 0.1) is 0 Å². The van der Waals surface area contributed by atoms with E-state index >= 15 is 0 Å². The zero-order chi connectivity index (χ0) is 35.8. The monoisotopic (exact) mass is 698 g/mol. The van der Waals surface area contributed by atoms with Gasteiger partial charge in [-0.05, 0) is 83.1 Å². The smallest absolute Gasteiger partial charge is 0.335 e. The van der Waals surface area contributed by atoms with Crippen LogP contribution in [0.2, 0.25) is 0 Å². The average molecular weight is 699 g/mol. The van der Waals surface area contributed by atoms with Gasteiger partial charge in [0.1, 0.15) is 5.82 Å². The van der Waals surface area contributed by atoms with Crippen molar-refractivity contribution in [3.8, 4) is 22.5 Å². The van der Waals surface area contributed by atoms with Crippen LogP contribution in [0.4, 0.5) is 17.2 Å². The molecule has 2 aliphatic rings. The van der Waals surface area contributed by atoms with Crippen LogP contribution in [0.3, 0.4) is 0 Å². The van der Waals surface area contributed by atoms with E-state index in [9.17, 15) is 0 Å². The number of para-hydroxylation sites is 6. The van der Waals surface area contributed by atoms with Crippen LogP contribution in [0.25, 0.3) is 77.0 Å². The van der Waals surface area contributed by atoms with E-state index in [1.165, 1.54) is 93.8 Å². The highest BCUT2D eigenvalue weighted by Gasteiger charge is 2.46. The second-order valence-corrected chi connectivity index (χ2v) is 14.9. The van der Waals surface area contributed by atoms with Crippen LogP contribution in [-0.2, 0) is 0 Å². The number of hydrogen-bond acceptors (Lipinski definition) is 1. The standard InChI is InChI=1S/C50H31BN4/c1-4-17-32(18-5-1)52-40-27-13-10-23-36(40)45-44(52)31-39-35-26-16-30-43-47(35)51(55-42-29-15-11-24-37(42)46(45)49(39)55)48-38-25-12-14-28-41(38)53(33-19-6-2-7-20-33)50(48)54(43)34-21-8-3-9-22-34/h1-31H. The van der Waals surface area contributed by atoms with Crippen LogP contribution >= 0.6 is 0 Å². The molecule has 0 aliphatic carbocycles. The minimum Gasteiger partial charge on any atom is -0.375 e. The summed E-state index contributed by atoms with van der Waals surface area (Å²) in [6, 6.07) is 69.2. The maximum Gasteiger partial charge on any atom is 0.335 e. The molecule has 0 spiro atoms. The van der Waals surface area contributed by atoms with Gasteiger partial charge < -0.3 is 9.05 Å². The maximum atomic E-state index is 2.70. The first-order valence-corrected chi connectivity index (χ1v) is 19.1. The Morgan fingerprint density at radius 3 is 1.60 bits per heavy atom. The highest BCUT2D eigenvalue weighted by Crippen LogP contribution is 2.50. The Kier molecular flexibility index (Phi) is 5.68. The van der Waals surface area contributed by atoms with Gasteiger partial charge in [0, 0.05) is 66.4 Å². The lowest BCUT2D eigenvalue weighted by molar-refractivity contribution is 1.07. The summed E-state index contributed by atoms with van der Waals surface area (Å²) >= 11 is 0. The average Bonchev–Trinajstić information content (AvgIpc) is 3.89. The Balaban J connectivity index is 1.27. The van der Waals surface area contributed by atoms with E-state index < -0.39 is 0 Å². The zero-order valence-electron chi connectivity index (χ0n) is 29.8. The van der Waals surface area contributed by atoms with Crippen molar-refractivity contribution < 1.29 is 0 Å². The van der Waals surface area contributed by atoms with Crippen molar-refractivity contribution in [2.45, 2.75) is 0 Å². The van der Waals surface area contributed by atoms with Gasteiger partial charge >= 0.3 is 6.85 Å². The van der Waals surface area contributed by atoms with Gasteiger partial charge in [0.15, 0.2) is 0 Å². The molecule has 0 bridgehead atoms. The van der Waals surface area contributed by atoms with Crippen molar-refractivity contribution in [2.24, 2.45) is 0 Å². The van der Waals surface area contributed by atoms with Gasteiger partial charge in [0.25, 0.3) is 0 Å². The first-order chi connectivity index (χ1) is 27.4. The fourth-order valence-corrected chi connectivity index (χ4v) is 10.2. The number of rotatable bonds is 3. The van der Waals surface area contributed by atoms with Crippen LogP contribution in [0.1, 0.15) is 0 Å². The topological polar surface area (TPSA) is 18.0 Å². The zero-order valence-corrected chi connectivity index (χ0v) is 29.8. The second kappa shape index (κ2) is 10.7. The second-order valence-electron chi connectivity index (χ2n) is 14.9. The summed E-state index contributed by atoms with van der Waals surface area (Å²) < 4.78 is 7.65. The Bertz CT molecular complexity index is 3370. The number of aromatic nitrogens is 3. The van der Waals surface area contributed by atoms with E-state index in [4.69, 9.17) is 0 Å². The van der Waals surface area contributed by atoms with Gasteiger partial charge in [-0.15, -0.1) is 0 Å². The molecule has 4 nitrogen and oxygen atoms in total. The normalized spacial score (nSPS) is 13.0. The van der Waals surface area contributed by atoms with E-state index in [-0.39, 0.29) is 6.85 Å². The molecule has 0 saturated heterocycles. The Hall–Kier alpha value is -7.24. The Labute approximate surface area is 317 Å². The number of anilines is 3. The van der Waals surface area contributed by atoms with Crippen LogP contribution < -0.4 is 15.8 Å². The third-order valence-electron chi connectivity index (χ3n) is 12.2. The van der Waals surface area contributed by atoms with Crippen molar-refractivity contribution in [1.82, 2.24) is 13.6 Å². The third-order valence-corrected chi connectivity index (χ3v) is 12.2. The van der Waals surface area contributed by atoms with E-state index in [1.807, 2.05) is 0 Å². The van der Waals surface area contributed by atoms with Gasteiger partial charge in [-0.2, -0.15) is 0 Å². The lowest BCUT2D eigenvalue weighted by Gasteiger charge is -2.39. The van der Waals surface area contributed by atoms with Gasteiger partial charge in [0.2, 0.25) is 0 Å². The minimum absolute atomic E-state index is 0.0640. The van der Waals surface area contributed by atoms with Gasteiger partial charge in [0.05, 0.1) is 16.6 Å². The van der Waals surface area contributed by atoms with Gasteiger partial charge in [-0.3, -0.25) is 9.47 Å².